The summed E-state index contributed by atoms with van der Waals surface area (Å²) in [4.78, 5) is 50.4. The van der Waals surface area contributed by atoms with E-state index in [1.807, 2.05) is 62.4 Å². The van der Waals surface area contributed by atoms with Gasteiger partial charge in [0.2, 0.25) is 0 Å². The van der Waals surface area contributed by atoms with Crippen LogP contribution in [0.25, 0.3) is 11.1 Å². The number of amides is 2. The minimum atomic E-state index is -1.14. The van der Waals surface area contributed by atoms with E-state index in [9.17, 15) is 24.3 Å². The second-order valence-electron chi connectivity index (χ2n) is 9.81. The van der Waals surface area contributed by atoms with Gasteiger partial charge in [0.1, 0.15) is 12.6 Å². The summed E-state index contributed by atoms with van der Waals surface area (Å²) in [6.45, 7) is 3.52. The van der Waals surface area contributed by atoms with Crippen LogP contribution >= 0.6 is 11.6 Å². The molecule has 0 aliphatic rings. The predicted octanol–water partition coefficient (Wildman–Crippen LogP) is 5.20. The molecule has 0 fully saturated rings. The molecule has 0 radical (unpaired) electrons. The van der Waals surface area contributed by atoms with Crippen molar-refractivity contribution < 1.29 is 33.8 Å². The number of carboxylic acid groups (broad SMARTS) is 1. The van der Waals surface area contributed by atoms with Gasteiger partial charge in [0.25, 0.3) is 5.91 Å². The Hall–Kier alpha value is -4.37. The van der Waals surface area contributed by atoms with Crippen molar-refractivity contribution in [2.75, 3.05) is 20.3 Å². The highest BCUT2D eigenvalue weighted by atomic mass is 35.5. The Kier molecular flexibility index (Phi) is 11.3. The summed E-state index contributed by atoms with van der Waals surface area (Å²) >= 11 is 6.13. The van der Waals surface area contributed by atoms with Crippen LogP contribution in [0.15, 0.2) is 72.8 Å². The first kappa shape index (κ1) is 31.2. The van der Waals surface area contributed by atoms with Crippen LogP contribution in [0.4, 0.5) is 4.79 Å². The maximum atomic E-state index is 12.8. The number of carboxylic acids is 1. The van der Waals surface area contributed by atoms with E-state index in [2.05, 4.69) is 5.32 Å². The van der Waals surface area contributed by atoms with Gasteiger partial charge in [-0.05, 0) is 40.3 Å². The van der Waals surface area contributed by atoms with Gasteiger partial charge in [-0.2, -0.15) is 0 Å². The van der Waals surface area contributed by atoms with Crippen molar-refractivity contribution in [2.24, 2.45) is 5.92 Å². The second-order valence-corrected chi connectivity index (χ2v) is 10.2. The number of carbonyl (C=O) groups excluding carboxylic acids is 3. The van der Waals surface area contributed by atoms with Crippen molar-refractivity contribution in [2.45, 2.75) is 32.9 Å². The number of nitrogens with one attached hydrogen (secondary N) is 1. The molecule has 9 nitrogen and oxygen atoms in total. The highest BCUT2D eigenvalue weighted by Crippen LogP contribution is 2.26. The van der Waals surface area contributed by atoms with Gasteiger partial charge in [0.05, 0.1) is 30.8 Å². The van der Waals surface area contributed by atoms with Crippen LogP contribution in [0, 0.1) is 5.92 Å². The van der Waals surface area contributed by atoms with E-state index in [-0.39, 0.29) is 36.1 Å². The number of carbonyl (C=O) groups is 4. The van der Waals surface area contributed by atoms with Gasteiger partial charge in [0.15, 0.2) is 0 Å². The van der Waals surface area contributed by atoms with Crippen molar-refractivity contribution in [1.82, 2.24) is 10.2 Å². The second kappa shape index (κ2) is 14.9. The normalized spacial score (nSPS) is 11.4. The molecule has 0 bridgehead atoms. The molecule has 0 saturated carbocycles. The van der Waals surface area contributed by atoms with Crippen molar-refractivity contribution in [3.63, 3.8) is 0 Å². The molecule has 2 N–H and O–H groups in total. The fourth-order valence-corrected chi connectivity index (χ4v) is 4.32. The average molecular weight is 581 g/mol. The molecule has 2 amide bonds. The Morgan fingerprint density at radius 3 is 2.24 bits per heavy atom. The lowest BCUT2D eigenvalue weighted by Crippen LogP contribution is -2.43. The van der Waals surface area contributed by atoms with Gasteiger partial charge in [-0.3, -0.25) is 14.5 Å². The van der Waals surface area contributed by atoms with E-state index in [1.165, 1.54) is 7.11 Å². The summed E-state index contributed by atoms with van der Waals surface area (Å²) < 4.78 is 10.2. The summed E-state index contributed by atoms with van der Waals surface area (Å²) in [5.74, 6) is -2.12. The van der Waals surface area contributed by atoms with Crippen LogP contribution in [-0.4, -0.2) is 60.2 Å². The van der Waals surface area contributed by atoms with Crippen LogP contribution in [0.3, 0.4) is 0 Å². The molecule has 0 aromatic heterocycles. The first-order valence-electron chi connectivity index (χ1n) is 13.0. The first-order valence-corrected chi connectivity index (χ1v) is 13.4. The highest BCUT2D eigenvalue weighted by molar-refractivity contribution is 6.33. The lowest BCUT2D eigenvalue weighted by molar-refractivity contribution is -0.143. The van der Waals surface area contributed by atoms with Crippen LogP contribution in [0.1, 0.15) is 35.3 Å². The Labute approximate surface area is 244 Å². The van der Waals surface area contributed by atoms with E-state index in [1.54, 1.807) is 24.3 Å². The average Bonchev–Trinajstić information content (AvgIpc) is 2.95. The largest absolute Gasteiger partial charge is 0.480 e. The summed E-state index contributed by atoms with van der Waals surface area (Å²) in [6.07, 6.45) is -0.516. The molecule has 1 atom stereocenters. The SMILES string of the molecule is COC(=O)[C@H](Cc1ccc(-c2ccccc2CN(CC(=O)O)C(=O)OCC(C)C)cc1)NC(=O)c1ccccc1Cl. The Morgan fingerprint density at radius 1 is 0.951 bits per heavy atom. The third-order valence-corrected chi connectivity index (χ3v) is 6.45. The van der Waals surface area contributed by atoms with E-state index in [4.69, 9.17) is 21.1 Å². The van der Waals surface area contributed by atoms with Gasteiger partial charge in [-0.25, -0.2) is 9.59 Å². The Morgan fingerprint density at radius 2 is 1.61 bits per heavy atom. The molecule has 0 saturated heterocycles. The van der Waals surface area contributed by atoms with Crippen LogP contribution in [0.2, 0.25) is 5.02 Å². The lowest BCUT2D eigenvalue weighted by atomic mass is 9.96. The maximum Gasteiger partial charge on any atom is 0.410 e. The number of rotatable bonds is 12. The molecular formula is C31H33ClN2O7. The molecule has 0 spiro atoms. The zero-order valence-corrected chi connectivity index (χ0v) is 23.9. The zero-order valence-electron chi connectivity index (χ0n) is 23.1. The quantitative estimate of drug-likeness (QED) is 0.282. The smallest absolute Gasteiger partial charge is 0.410 e. The minimum absolute atomic E-state index is 0.0413. The molecular weight excluding hydrogens is 548 g/mol. The number of halogens is 1. The summed E-state index contributed by atoms with van der Waals surface area (Å²) in [5.41, 5.74) is 3.39. The number of ether oxygens (including phenoxy) is 2. The summed E-state index contributed by atoms with van der Waals surface area (Å²) in [6, 6.07) is 20.4. The third-order valence-electron chi connectivity index (χ3n) is 6.12. The van der Waals surface area contributed by atoms with Crippen LogP contribution < -0.4 is 5.32 Å². The molecule has 3 rings (SSSR count). The Balaban J connectivity index is 1.79. The van der Waals surface area contributed by atoms with E-state index < -0.39 is 36.5 Å². The van der Waals surface area contributed by atoms with Gasteiger partial charge in [-0.1, -0.05) is 86.1 Å². The van der Waals surface area contributed by atoms with Gasteiger partial charge in [-0.15, -0.1) is 0 Å². The number of hydrogen-bond donors (Lipinski definition) is 2. The zero-order chi connectivity index (χ0) is 29.9. The number of nitrogens with zero attached hydrogens (tertiary/aromatic N) is 1. The van der Waals surface area contributed by atoms with E-state index >= 15 is 0 Å². The summed E-state index contributed by atoms with van der Waals surface area (Å²) in [5, 5.41) is 12.3. The predicted molar refractivity (Wildman–Crippen MR) is 155 cm³/mol. The molecule has 0 aliphatic carbocycles. The van der Waals surface area contributed by atoms with E-state index in [0.29, 0.717) is 0 Å². The number of hydrogen-bond acceptors (Lipinski definition) is 6. The maximum absolute atomic E-state index is 12.8. The molecule has 0 aliphatic heterocycles. The monoisotopic (exact) mass is 580 g/mol. The first-order chi connectivity index (χ1) is 19.6. The standard InChI is InChI=1S/C31H33ClN2O7/c1-20(2)19-41-31(39)34(18-28(35)36)17-23-8-4-5-9-24(23)22-14-12-21(13-15-22)16-27(30(38)40-3)33-29(37)25-10-6-7-11-26(25)32/h4-15,20,27H,16-19H2,1-3H3,(H,33,37)(H,35,36)/t27-/m0/s1. The molecule has 10 heteroatoms. The highest BCUT2D eigenvalue weighted by Gasteiger charge is 2.24. The summed E-state index contributed by atoms with van der Waals surface area (Å²) in [7, 11) is 1.25. The molecule has 216 valence electrons. The third kappa shape index (κ3) is 9.08. The van der Waals surface area contributed by atoms with Crippen LogP contribution in [-0.2, 0) is 32.0 Å². The fourth-order valence-electron chi connectivity index (χ4n) is 4.10. The molecule has 3 aromatic carbocycles. The number of methoxy groups -OCH3 is 1. The molecule has 0 unspecified atom stereocenters. The molecule has 3 aromatic rings. The topological polar surface area (TPSA) is 122 Å². The van der Waals surface area contributed by atoms with Gasteiger partial charge < -0.3 is 19.9 Å². The van der Waals surface area contributed by atoms with Crippen molar-refractivity contribution in [1.29, 1.82) is 0 Å². The van der Waals surface area contributed by atoms with Gasteiger partial charge >= 0.3 is 18.0 Å². The van der Waals surface area contributed by atoms with E-state index in [0.717, 1.165) is 27.2 Å². The fraction of sp³-hybridized carbons (Fsp3) is 0.290. The van der Waals surface area contributed by atoms with Crippen molar-refractivity contribution >= 4 is 35.5 Å². The van der Waals surface area contributed by atoms with Crippen molar-refractivity contribution in [3.8, 4) is 11.1 Å². The van der Waals surface area contributed by atoms with Crippen LogP contribution in [0.5, 0.6) is 0 Å². The number of aliphatic carboxylic acids is 1. The van der Waals surface area contributed by atoms with Crippen molar-refractivity contribution in [3.05, 3.63) is 94.5 Å². The lowest BCUT2D eigenvalue weighted by Gasteiger charge is -2.22. The van der Waals surface area contributed by atoms with Gasteiger partial charge in [0, 0.05) is 6.42 Å². The number of esters is 1. The molecule has 41 heavy (non-hydrogen) atoms. The minimum Gasteiger partial charge on any atom is -0.480 e. The number of benzene rings is 3. The Bertz CT molecular complexity index is 1370. The molecule has 0 heterocycles.